The number of nitro groups is 1. The third-order valence-electron chi connectivity index (χ3n) is 1.75. The molecule has 1 aromatic rings. The lowest BCUT2D eigenvalue weighted by Crippen LogP contribution is -2.23. The third-order valence-corrected chi connectivity index (χ3v) is 3.78. The fraction of sp³-hybridized carbons (Fsp3) is 0.250. The Balaban J connectivity index is 3.33. The fourth-order valence-electron chi connectivity index (χ4n) is 1.08. The maximum Gasteiger partial charge on any atom is 0.270 e. The molecule has 16 heavy (non-hydrogen) atoms. The van der Waals surface area contributed by atoms with Crippen molar-refractivity contribution < 1.29 is 13.3 Å². The first kappa shape index (κ1) is 12.9. The van der Waals surface area contributed by atoms with Crippen LogP contribution in [0.4, 0.5) is 5.69 Å². The van der Waals surface area contributed by atoms with E-state index in [1.54, 1.807) is 6.92 Å². The number of non-ortho nitro benzene ring substituents is 1. The van der Waals surface area contributed by atoms with Crippen LogP contribution < -0.4 is 4.72 Å². The van der Waals surface area contributed by atoms with Crippen LogP contribution in [0.5, 0.6) is 0 Å². The summed E-state index contributed by atoms with van der Waals surface area (Å²) in [4.78, 5) is 9.53. The van der Waals surface area contributed by atoms with Crippen molar-refractivity contribution in [1.82, 2.24) is 4.72 Å². The standard InChI is InChI=1S/C8H9ClN2O4S/c1-2-10-16(14,15)8-5-6(11(12)13)3-4-7(8)9/h3-5,10H,2H2,1H3. The zero-order valence-electron chi connectivity index (χ0n) is 8.31. The van der Waals surface area contributed by atoms with Gasteiger partial charge in [0.15, 0.2) is 0 Å². The highest BCUT2D eigenvalue weighted by molar-refractivity contribution is 7.89. The van der Waals surface area contributed by atoms with E-state index in [-0.39, 0.29) is 22.2 Å². The van der Waals surface area contributed by atoms with Crippen LogP contribution in [0.25, 0.3) is 0 Å². The summed E-state index contributed by atoms with van der Waals surface area (Å²) in [6.07, 6.45) is 0. The number of halogens is 1. The van der Waals surface area contributed by atoms with Crippen LogP contribution in [0.2, 0.25) is 5.02 Å². The van der Waals surface area contributed by atoms with Gasteiger partial charge in [-0.05, 0) is 6.07 Å². The summed E-state index contributed by atoms with van der Waals surface area (Å²) in [7, 11) is -3.78. The molecule has 0 spiro atoms. The van der Waals surface area contributed by atoms with Crippen LogP contribution in [0, 0.1) is 10.1 Å². The zero-order valence-corrected chi connectivity index (χ0v) is 9.88. The molecule has 0 aliphatic rings. The quantitative estimate of drug-likeness (QED) is 0.660. The number of rotatable bonds is 4. The van der Waals surface area contributed by atoms with Gasteiger partial charge < -0.3 is 0 Å². The molecule has 0 atom stereocenters. The molecule has 1 N–H and O–H groups in total. The summed E-state index contributed by atoms with van der Waals surface area (Å²) in [5.74, 6) is 0. The van der Waals surface area contributed by atoms with Gasteiger partial charge in [0.25, 0.3) is 5.69 Å². The molecule has 6 nitrogen and oxygen atoms in total. The van der Waals surface area contributed by atoms with E-state index in [0.29, 0.717) is 0 Å². The fourth-order valence-corrected chi connectivity index (χ4v) is 2.64. The lowest BCUT2D eigenvalue weighted by atomic mass is 10.3. The summed E-state index contributed by atoms with van der Waals surface area (Å²) >= 11 is 5.68. The van der Waals surface area contributed by atoms with E-state index in [2.05, 4.69) is 4.72 Å². The summed E-state index contributed by atoms with van der Waals surface area (Å²) in [5, 5.41) is 10.4. The molecule has 0 saturated heterocycles. The normalized spacial score (nSPS) is 11.4. The van der Waals surface area contributed by atoms with Crippen molar-refractivity contribution >= 4 is 27.3 Å². The second-order valence-corrected chi connectivity index (χ2v) is 5.02. The van der Waals surface area contributed by atoms with Crippen LogP contribution in [-0.4, -0.2) is 19.9 Å². The Morgan fingerprint density at radius 2 is 2.12 bits per heavy atom. The first-order chi connectivity index (χ1) is 7.38. The van der Waals surface area contributed by atoms with Crippen LogP contribution in [0.1, 0.15) is 6.92 Å². The summed E-state index contributed by atoms with van der Waals surface area (Å²) in [5.41, 5.74) is -0.319. The molecule has 0 fully saturated rings. The first-order valence-electron chi connectivity index (χ1n) is 4.32. The molecular weight excluding hydrogens is 256 g/mol. The number of nitro benzene ring substituents is 1. The van der Waals surface area contributed by atoms with E-state index < -0.39 is 14.9 Å². The molecule has 0 unspecified atom stereocenters. The minimum absolute atomic E-state index is 0.0495. The van der Waals surface area contributed by atoms with Crippen LogP contribution >= 0.6 is 11.6 Å². The predicted molar refractivity (Wildman–Crippen MR) is 59.0 cm³/mol. The van der Waals surface area contributed by atoms with E-state index in [1.165, 1.54) is 6.07 Å². The van der Waals surface area contributed by atoms with Gasteiger partial charge in [-0.15, -0.1) is 0 Å². The molecule has 0 aliphatic carbocycles. The minimum Gasteiger partial charge on any atom is -0.258 e. The summed E-state index contributed by atoms with van der Waals surface area (Å²) in [6.45, 7) is 1.78. The van der Waals surface area contributed by atoms with E-state index >= 15 is 0 Å². The van der Waals surface area contributed by atoms with Gasteiger partial charge >= 0.3 is 0 Å². The Labute approximate surface area is 97.4 Å². The number of sulfonamides is 1. The Kier molecular flexibility index (Phi) is 3.84. The molecule has 88 valence electrons. The van der Waals surface area contributed by atoms with E-state index in [4.69, 9.17) is 11.6 Å². The summed E-state index contributed by atoms with van der Waals surface area (Å²) < 4.78 is 25.4. The van der Waals surface area contributed by atoms with Gasteiger partial charge in [-0.3, -0.25) is 10.1 Å². The number of hydrogen-bond donors (Lipinski definition) is 1. The predicted octanol–water partition coefficient (Wildman–Crippen LogP) is 1.55. The van der Waals surface area contributed by atoms with E-state index in [9.17, 15) is 18.5 Å². The largest absolute Gasteiger partial charge is 0.270 e. The maximum absolute atomic E-state index is 11.6. The molecule has 0 amide bonds. The number of hydrogen-bond acceptors (Lipinski definition) is 4. The van der Waals surface area contributed by atoms with E-state index in [0.717, 1.165) is 12.1 Å². The maximum atomic E-state index is 11.6. The molecule has 1 aromatic carbocycles. The Bertz CT molecular complexity index is 515. The van der Waals surface area contributed by atoms with Crippen molar-refractivity contribution in [3.8, 4) is 0 Å². The Morgan fingerprint density at radius 3 is 2.62 bits per heavy atom. The minimum atomic E-state index is -3.78. The summed E-state index contributed by atoms with van der Waals surface area (Å²) in [6, 6.07) is 3.26. The number of nitrogens with zero attached hydrogens (tertiary/aromatic N) is 1. The highest BCUT2D eigenvalue weighted by Crippen LogP contribution is 2.25. The zero-order chi connectivity index (χ0) is 12.3. The van der Waals surface area contributed by atoms with Gasteiger partial charge in [-0.2, -0.15) is 0 Å². The van der Waals surface area contributed by atoms with Gasteiger partial charge in [0.2, 0.25) is 10.0 Å². The lowest BCUT2D eigenvalue weighted by molar-refractivity contribution is -0.385. The highest BCUT2D eigenvalue weighted by Gasteiger charge is 2.20. The van der Waals surface area contributed by atoms with Crippen LogP contribution in [0.15, 0.2) is 23.1 Å². The van der Waals surface area contributed by atoms with Crippen molar-refractivity contribution in [1.29, 1.82) is 0 Å². The average molecular weight is 265 g/mol. The van der Waals surface area contributed by atoms with Crippen molar-refractivity contribution in [2.75, 3.05) is 6.54 Å². The van der Waals surface area contributed by atoms with Gasteiger partial charge in [-0.1, -0.05) is 18.5 Å². The molecule has 1 rings (SSSR count). The SMILES string of the molecule is CCNS(=O)(=O)c1cc([N+](=O)[O-])ccc1Cl. The second kappa shape index (κ2) is 4.77. The number of benzene rings is 1. The topological polar surface area (TPSA) is 89.3 Å². The van der Waals surface area contributed by atoms with Crippen molar-refractivity contribution in [3.63, 3.8) is 0 Å². The van der Waals surface area contributed by atoms with Gasteiger partial charge in [-0.25, -0.2) is 13.1 Å². The molecule has 0 aliphatic heterocycles. The van der Waals surface area contributed by atoms with Crippen molar-refractivity contribution in [2.24, 2.45) is 0 Å². The smallest absolute Gasteiger partial charge is 0.258 e. The van der Waals surface area contributed by atoms with Crippen LogP contribution in [-0.2, 0) is 10.0 Å². The molecule has 0 radical (unpaired) electrons. The van der Waals surface area contributed by atoms with Crippen molar-refractivity contribution in [2.45, 2.75) is 11.8 Å². The average Bonchev–Trinajstić information content (AvgIpc) is 2.17. The monoisotopic (exact) mass is 264 g/mol. The highest BCUT2D eigenvalue weighted by atomic mass is 35.5. The van der Waals surface area contributed by atoms with Gasteiger partial charge in [0.1, 0.15) is 4.90 Å². The lowest BCUT2D eigenvalue weighted by Gasteiger charge is -2.05. The third kappa shape index (κ3) is 2.69. The van der Waals surface area contributed by atoms with E-state index in [1.807, 2.05) is 0 Å². The molecular formula is C8H9ClN2O4S. The molecule has 0 bridgehead atoms. The number of nitrogens with one attached hydrogen (secondary N) is 1. The van der Waals surface area contributed by atoms with Gasteiger partial charge in [0, 0.05) is 18.7 Å². The Hall–Kier alpha value is -1.18. The van der Waals surface area contributed by atoms with Crippen molar-refractivity contribution in [3.05, 3.63) is 33.3 Å². The first-order valence-corrected chi connectivity index (χ1v) is 6.18. The van der Waals surface area contributed by atoms with Gasteiger partial charge in [0.05, 0.1) is 9.95 Å². The molecule has 0 heterocycles. The Morgan fingerprint density at radius 1 is 1.50 bits per heavy atom. The van der Waals surface area contributed by atoms with Crippen LogP contribution in [0.3, 0.4) is 0 Å². The molecule has 0 saturated carbocycles. The molecule has 0 aromatic heterocycles. The second-order valence-electron chi connectivity index (χ2n) is 2.87. The molecule has 8 heteroatoms.